The van der Waals surface area contributed by atoms with Crippen molar-refractivity contribution in [3.63, 3.8) is 0 Å². The first kappa shape index (κ1) is 18.8. The van der Waals surface area contributed by atoms with E-state index in [1.54, 1.807) is 23.0 Å². The third-order valence-electron chi connectivity index (χ3n) is 5.17. The number of aromatic nitrogens is 2. The number of fused-ring (bicyclic) bond motifs is 1. The van der Waals surface area contributed by atoms with Gasteiger partial charge in [0, 0.05) is 12.6 Å². The predicted octanol–water partition coefficient (Wildman–Crippen LogP) is 3.53. The molecule has 1 aliphatic rings. The van der Waals surface area contributed by atoms with Crippen LogP contribution in [0, 0.1) is 0 Å². The van der Waals surface area contributed by atoms with Crippen LogP contribution in [0.3, 0.4) is 0 Å². The molecule has 4 rings (SSSR count). The average molecular weight is 398 g/mol. The molecular weight excluding hydrogens is 374 g/mol. The highest BCUT2D eigenvalue weighted by atomic mass is 32.2. The molecule has 1 aromatic carbocycles. The predicted molar refractivity (Wildman–Crippen MR) is 110 cm³/mol. The number of para-hydroxylation sites is 1. The van der Waals surface area contributed by atoms with Gasteiger partial charge >= 0.3 is 0 Å². The van der Waals surface area contributed by atoms with E-state index in [1.165, 1.54) is 18.2 Å². The largest absolute Gasteiger partial charge is 0.467 e. The summed E-state index contributed by atoms with van der Waals surface area (Å²) in [5.74, 6) is 1.05. The number of carbonyl (C=O) groups excluding carboxylic acids is 1. The number of furan rings is 1. The van der Waals surface area contributed by atoms with E-state index < -0.39 is 0 Å². The number of benzene rings is 1. The Morgan fingerprint density at radius 3 is 2.89 bits per heavy atom. The molecule has 3 heterocycles. The summed E-state index contributed by atoms with van der Waals surface area (Å²) in [6, 6.07) is 11.2. The summed E-state index contributed by atoms with van der Waals surface area (Å²) in [6.07, 6.45) is 4.86. The number of hydrogen-bond acceptors (Lipinski definition) is 5. The first-order valence-electron chi connectivity index (χ1n) is 9.57. The van der Waals surface area contributed by atoms with Gasteiger partial charge in [-0.1, -0.05) is 23.9 Å². The molecule has 1 aliphatic heterocycles. The SMILES string of the molecule is C[C@@H]1CCCCN1C(=O)CSc1nc2ccccc2c(=O)n1Cc1ccco1. The molecule has 0 radical (unpaired) electrons. The molecule has 0 spiro atoms. The Morgan fingerprint density at radius 2 is 2.11 bits per heavy atom. The third-order valence-corrected chi connectivity index (χ3v) is 6.13. The molecule has 1 amide bonds. The Morgan fingerprint density at radius 1 is 1.25 bits per heavy atom. The van der Waals surface area contributed by atoms with Crippen molar-refractivity contribution in [2.75, 3.05) is 12.3 Å². The number of thioether (sulfide) groups is 1. The van der Waals surface area contributed by atoms with Gasteiger partial charge in [-0.2, -0.15) is 0 Å². The topological polar surface area (TPSA) is 68.3 Å². The molecule has 1 saturated heterocycles. The minimum atomic E-state index is -0.122. The summed E-state index contributed by atoms with van der Waals surface area (Å²) in [5.41, 5.74) is 0.521. The van der Waals surface area contributed by atoms with Gasteiger partial charge in [0.2, 0.25) is 5.91 Å². The van der Waals surface area contributed by atoms with Crippen LogP contribution in [-0.4, -0.2) is 38.7 Å². The maximum Gasteiger partial charge on any atom is 0.262 e. The van der Waals surface area contributed by atoms with E-state index in [0.717, 1.165) is 19.4 Å². The van der Waals surface area contributed by atoms with E-state index in [1.807, 2.05) is 29.2 Å². The summed E-state index contributed by atoms with van der Waals surface area (Å²) in [6.45, 7) is 3.20. The molecule has 0 aliphatic carbocycles. The van der Waals surface area contributed by atoms with Gasteiger partial charge < -0.3 is 9.32 Å². The van der Waals surface area contributed by atoms with Crippen molar-refractivity contribution >= 4 is 28.6 Å². The quantitative estimate of drug-likeness (QED) is 0.487. The van der Waals surface area contributed by atoms with Gasteiger partial charge in [0.05, 0.1) is 29.5 Å². The zero-order valence-electron chi connectivity index (χ0n) is 15.8. The Bertz CT molecular complexity index is 1030. The van der Waals surface area contributed by atoms with Crippen LogP contribution in [0.15, 0.2) is 57.0 Å². The van der Waals surface area contributed by atoms with Crippen LogP contribution in [0.4, 0.5) is 0 Å². The van der Waals surface area contributed by atoms with Gasteiger partial charge in [-0.15, -0.1) is 0 Å². The lowest BCUT2D eigenvalue weighted by Crippen LogP contribution is -2.43. The lowest BCUT2D eigenvalue weighted by molar-refractivity contribution is -0.131. The summed E-state index contributed by atoms with van der Waals surface area (Å²) < 4.78 is 7.02. The Balaban J connectivity index is 1.63. The first-order chi connectivity index (χ1) is 13.6. The van der Waals surface area contributed by atoms with Gasteiger partial charge in [-0.25, -0.2) is 4.98 Å². The highest BCUT2D eigenvalue weighted by Crippen LogP contribution is 2.22. The van der Waals surface area contributed by atoms with E-state index >= 15 is 0 Å². The molecule has 146 valence electrons. The fourth-order valence-corrected chi connectivity index (χ4v) is 4.52. The Kier molecular flexibility index (Phi) is 5.52. The van der Waals surface area contributed by atoms with E-state index in [2.05, 4.69) is 11.9 Å². The normalized spacial score (nSPS) is 17.2. The number of hydrogen-bond donors (Lipinski definition) is 0. The Hall–Kier alpha value is -2.54. The molecule has 6 nitrogen and oxygen atoms in total. The molecule has 0 bridgehead atoms. The number of amides is 1. The summed E-state index contributed by atoms with van der Waals surface area (Å²) >= 11 is 1.32. The molecule has 2 aromatic heterocycles. The van der Waals surface area contributed by atoms with Crippen molar-refractivity contribution in [2.45, 2.75) is 43.9 Å². The number of piperidine rings is 1. The second-order valence-electron chi connectivity index (χ2n) is 7.10. The fraction of sp³-hybridized carbons (Fsp3) is 0.381. The maximum absolute atomic E-state index is 13.0. The summed E-state index contributed by atoms with van der Waals surface area (Å²) in [5, 5.41) is 1.10. The maximum atomic E-state index is 13.0. The van der Waals surface area contributed by atoms with Crippen molar-refractivity contribution < 1.29 is 9.21 Å². The zero-order chi connectivity index (χ0) is 19.5. The van der Waals surface area contributed by atoms with Crippen molar-refractivity contribution in [1.29, 1.82) is 0 Å². The summed E-state index contributed by atoms with van der Waals surface area (Å²) in [4.78, 5) is 32.4. The molecule has 0 unspecified atom stereocenters. The highest BCUT2D eigenvalue weighted by Gasteiger charge is 2.24. The lowest BCUT2D eigenvalue weighted by Gasteiger charge is -2.33. The van der Waals surface area contributed by atoms with Crippen LogP contribution >= 0.6 is 11.8 Å². The van der Waals surface area contributed by atoms with E-state index in [-0.39, 0.29) is 23.3 Å². The second-order valence-corrected chi connectivity index (χ2v) is 8.05. The van der Waals surface area contributed by atoms with Gasteiger partial charge in [0.1, 0.15) is 5.76 Å². The molecule has 1 fully saturated rings. The average Bonchev–Trinajstić information content (AvgIpc) is 3.22. The molecule has 3 aromatic rings. The van der Waals surface area contributed by atoms with Gasteiger partial charge in [0.15, 0.2) is 5.16 Å². The third kappa shape index (κ3) is 3.85. The van der Waals surface area contributed by atoms with E-state index in [4.69, 9.17) is 4.42 Å². The van der Waals surface area contributed by atoms with Crippen LogP contribution in [0.2, 0.25) is 0 Å². The minimum absolute atomic E-state index is 0.101. The highest BCUT2D eigenvalue weighted by molar-refractivity contribution is 7.99. The molecule has 1 atom stereocenters. The molecule has 28 heavy (non-hydrogen) atoms. The molecule has 7 heteroatoms. The van der Waals surface area contributed by atoms with E-state index in [9.17, 15) is 9.59 Å². The van der Waals surface area contributed by atoms with Gasteiger partial charge in [-0.05, 0) is 50.5 Å². The van der Waals surface area contributed by atoms with Crippen molar-refractivity contribution in [1.82, 2.24) is 14.5 Å². The van der Waals surface area contributed by atoms with Crippen LogP contribution in [0.1, 0.15) is 31.9 Å². The smallest absolute Gasteiger partial charge is 0.262 e. The number of carbonyl (C=O) groups is 1. The van der Waals surface area contributed by atoms with Crippen LogP contribution < -0.4 is 5.56 Å². The Labute approximate surface area is 167 Å². The van der Waals surface area contributed by atoms with Crippen LogP contribution in [0.25, 0.3) is 10.9 Å². The fourth-order valence-electron chi connectivity index (χ4n) is 3.63. The van der Waals surface area contributed by atoms with Crippen molar-refractivity contribution in [2.24, 2.45) is 0 Å². The molecular formula is C21H23N3O3S. The first-order valence-corrected chi connectivity index (χ1v) is 10.6. The monoisotopic (exact) mass is 397 g/mol. The number of likely N-dealkylation sites (tertiary alicyclic amines) is 1. The van der Waals surface area contributed by atoms with E-state index in [0.29, 0.717) is 28.4 Å². The lowest BCUT2D eigenvalue weighted by atomic mass is 10.0. The van der Waals surface area contributed by atoms with Crippen LogP contribution in [0.5, 0.6) is 0 Å². The molecule has 0 saturated carbocycles. The van der Waals surface area contributed by atoms with Gasteiger partial charge in [0.25, 0.3) is 5.56 Å². The minimum Gasteiger partial charge on any atom is -0.467 e. The second kappa shape index (κ2) is 8.22. The standard InChI is InChI=1S/C21H23N3O3S/c1-15-7-4-5-11-23(15)19(25)14-28-21-22-18-10-3-2-9-17(18)20(26)24(21)13-16-8-6-12-27-16/h2-3,6,8-10,12,15H,4-5,7,11,13-14H2,1H3/t15-/m1/s1. The van der Waals surface area contributed by atoms with Crippen molar-refractivity contribution in [3.05, 3.63) is 58.8 Å². The number of rotatable bonds is 5. The van der Waals surface area contributed by atoms with Crippen LogP contribution in [-0.2, 0) is 11.3 Å². The van der Waals surface area contributed by atoms with Crippen molar-refractivity contribution in [3.8, 4) is 0 Å². The summed E-state index contributed by atoms with van der Waals surface area (Å²) in [7, 11) is 0. The molecule has 0 N–H and O–H groups in total. The number of nitrogens with zero attached hydrogens (tertiary/aromatic N) is 3. The zero-order valence-corrected chi connectivity index (χ0v) is 16.7. The van der Waals surface area contributed by atoms with Gasteiger partial charge in [-0.3, -0.25) is 14.2 Å².